The maximum absolute atomic E-state index is 12.9. The number of carbonyl (C=O) groups is 2. The Labute approximate surface area is 165 Å². The third-order valence-electron chi connectivity index (χ3n) is 4.54. The van der Waals surface area contributed by atoms with Gasteiger partial charge < -0.3 is 5.21 Å². The summed E-state index contributed by atoms with van der Waals surface area (Å²) >= 11 is 0. The number of quaternary nitrogens is 1. The normalized spacial score (nSPS) is 15.1. The molecule has 2 N–H and O–H groups in total. The van der Waals surface area contributed by atoms with Crippen molar-refractivity contribution in [3.8, 4) is 0 Å². The fourth-order valence-corrected chi connectivity index (χ4v) is 4.01. The van der Waals surface area contributed by atoms with Crippen LogP contribution in [0.4, 0.5) is 5.69 Å². The lowest BCUT2D eigenvalue weighted by molar-refractivity contribution is -0.991. The molecule has 0 saturated heterocycles. The average molecular weight is 414 g/mol. The van der Waals surface area contributed by atoms with Gasteiger partial charge in [-0.05, 0) is 30.5 Å². The molecular formula is C19H14N2O7S. The van der Waals surface area contributed by atoms with Gasteiger partial charge in [-0.15, -0.1) is 9.35 Å². The van der Waals surface area contributed by atoms with Crippen LogP contribution >= 0.6 is 0 Å². The van der Waals surface area contributed by atoms with Gasteiger partial charge in [-0.2, -0.15) is 13.6 Å². The van der Waals surface area contributed by atoms with Crippen molar-refractivity contribution >= 4 is 38.4 Å². The molecule has 0 radical (unpaired) electrons. The monoisotopic (exact) mass is 414 g/mol. The molecule has 3 aromatic carbocycles. The molecule has 1 unspecified atom stereocenters. The number of nitrogens with zero attached hydrogens (tertiary/aromatic N) is 1. The number of hydroxylamine groups is 2. The SMILES string of the molecule is Cc1ccc(S(=O)(=O)ON2C(=O)c3cccc4cc([NH+]([O-])O)cc(c34)C2=O)cc1. The third-order valence-corrected chi connectivity index (χ3v) is 5.73. The van der Waals surface area contributed by atoms with E-state index in [0.29, 0.717) is 5.39 Å². The van der Waals surface area contributed by atoms with Crippen LogP contribution < -0.4 is 5.23 Å². The Morgan fingerprint density at radius 3 is 2.31 bits per heavy atom. The molecule has 0 saturated carbocycles. The van der Waals surface area contributed by atoms with Gasteiger partial charge in [0.15, 0.2) is 5.69 Å². The summed E-state index contributed by atoms with van der Waals surface area (Å²) in [5.41, 5.74) is 0.548. The second-order valence-corrected chi connectivity index (χ2v) is 8.01. The number of rotatable bonds is 4. The summed E-state index contributed by atoms with van der Waals surface area (Å²) in [6.07, 6.45) is 0. The molecule has 1 heterocycles. The molecule has 148 valence electrons. The van der Waals surface area contributed by atoms with E-state index in [1.165, 1.54) is 30.3 Å². The van der Waals surface area contributed by atoms with Crippen LogP contribution in [-0.4, -0.2) is 30.5 Å². The third kappa shape index (κ3) is 3.18. The van der Waals surface area contributed by atoms with Crippen LogP contribution in [0.2, 0.25) is 0 Å². The van der Waals surface area contributed by atoms with Crippen molar-refractivity contribution in [3.05, 3.63) is 76.5 Å². The maximum atomic E-state index is 12.9. The van der Waals surface area contributed by atoms with Gasteiger partial charge in [-0.3, -0.25) is 9.59 Å². The summed E-state index contributed by atoms with van der Waals surface area (Å²) in [7, 11) is -4.47. The number of hydrogen-bond donors (Lipinski definition) is 2. The first-order valence-corrected chi connectivity index (χ1v) is 9.80. The minimum Gasteiger partial charge on any atom is -0.595 e. The molecule has 29 heavy (non-hydrogen) atoms. The van der Waals surface area contributed by atoms with Gasteiger partial charge in [0.2, 0.25) is 0 Å². The van der Waals surface area contributed by atoms with E-state index in [-0.39, 0.29) is 32.2 Å². The zero-order valence-electron chi connectivity index (χ0n) is 14.9. The Kier molecular flexibility index (Phi) is 4.45. The molecule has 9 nitrogen and oxygen atoms in total. The quantitative estimate of drug-likeness (QED) is 0.489. The fourth-order valence-electron chi connectivity index (χ4n) is 3.12. The summed E-state index contributed by atoms with van der Waals surface area (Å²) in [6.45, 7) is 1.77. The highest BCUT2D eigenvalue weighted by Gasteiger charge is 2.38. The molecule has 0 aliphatic carbocycles. The highest BCUT2D eigenvalue weighted by molar-refractivity contribution is 7.86. The second-order valence-electron chi connectivity index (χ2n) is 6.48. The van der Waals surface area contributed by atoms with E-state index in [0.717, 1.165) is 11.6 Å². The first-order chi connectivity index (χ1) is 13.7. The van der Waals surface area contributed by atoms with Crippen LogP contribution in [-0.2, 0) is 14.4 Å². The summed E-state index contributed by atoms with van der Waals surface area (Å²) in [4.78, 5) is 25.4. The van der Waals surface area contributed by atoms with E-state index in [9.17, 15) is 28.4 Å². The second kappa shape index (κ2) is 6.72. The molecule has 1 aliphatic rings. The molecule has 1 atom stereocenters. The number of amides is 2. The Balaban J connectivity index is 1.82. The number of hydrogen-bond acceptors (Lipinski definition) is 7. The lowest BCUT2D eigenvalue weighted by atomic mass is 9.94. The molecule has 1 aliphatic heterocycles. The van der Waals surface area contributed by atoms with Crippen LogP contribution in [0.25, 0.3) is 10.8 Å². The number of benzene rings is 3. The molecular weight excluding hydrogens is 400 g/mol. The van der Waals surface area contributed by atoms with Gasteiger partial charge in [0, 0.05) is 17.5 Å². The van der Waals surface area contributed by atoms with Crippen LogP contribution in [0.3, 0.4) is 0 Å². The summed E-state index contributed by atoms with van der Waals surface area (Å²) < 4.78 is 30.0. The van der Waals surface area contributed by atoms with Crippen molar-refractivity contribution in [1.29, 1.82) is 0 Å². The highest BCUT2D eigenvalue weighted by atomic mass is 32.2. The average Bonchev–Trinajstić information content (AvgIpc) is 2.69. The van der Waals surface area contributed by atoms with E-state index >= 15 is 0 Å². The van der Waals surface area contributed by atoms with Crippen LogP contribution in [0.1, 0.15) is 26.3 Å². The minimum absolute atomic E-state index is 0.0353. The summed E-state index contributed by atoms with van der Waals surface area (Å²) in [5.74, 6) is -2.01. The van der Waals surface area contributed by atoms with Gasteiger partial charge in [0.25, 0.3) is 11.8 Å². The van der Waals surface area contributed by atoms with Gasteiger partial charge >= 0.3 is 10.1 Å². The smallest absolute Gasteiger partial charge is 0.318 e. The predicted molar refractivity (Wildman–Crippen MR) is 99.7 cm³/mol. The van der Waals surface area contributed by atoms with Gasteiger partial charge in [0.05, 0.1) is 16.0 Å². The van der Waals surface area contributed by atoms with Crippen molar-refractivity contribution in [1.82, 2.24) is 5.06 Å². The van der Waals surface area contributed by atoms with Gasteiger partial charge in [-0.25, -0.2) is 5.21 Å². The zero-order valence-corrected chi connectivity index (χ0v) is 15.8. The molecule has 10 heteroatoms. The molecule has 0 fully saturated rings. The van der Waals surface area contributed by atoms with E-state index in [2.05, 4.69) is 0 Å². The predicted octanol–water partition coefficient (Wildman–Crippen LogP) is 1.47. The topological polar surface area (TPSA) is 128 Å². The Bertz CT molecular complexity index is 1270. The van der Waals surface area contributed by atoms with E-state index < -0.39 is 27.2 Å². The van der Waals surface area contributed by atoms with Gasteiger partial charge in [-0.1, -0.05) is 29.8 Å². The number of carbonyl (C=O) groups excluding carboxylic acids is 2. The first kappa shape index (κ1) is 19.2. The fraction of sp³-hybridized carbons (Fsp3) is 0.0526. The number of nitrogens with one attached hydrogen (secondary N) is 1. The van der Waals surface area contributed by atoms with Gasteiger partial charge in [0.1, 0.15) is 0 Å². The first-order valence-electron chi connectivity index (χ1n) is 8.39. The van der Waals surface area contributed by atoms with Crippen molar-refractivity contribution in [2.45, 2.75) is 11.8 Å². The zero-order chi connectivity index (χ0) is 20.9. The van der Waals surface area contributed by atoms with Crippen molar-refractivity contribution in [3.63, 3.8) is 0 Å². The lowest BCUT2D eigenvalue weighted by Crippen LogP contribution is -2.99. The van der Waals surface area contributed by atoms with E-state index in [4.69, 9.17) is 4.28 Å². The van der Waals surface area contributed by atoms with Crippen LogP contribution in [0.15, 0.2) is 59.5 Å². The summed E-state index contributed by atoms with van der Waals surface area (Å²) in [6, 6.07) is 12.6. The lowest BCUT2D eigenvalue weighted by Gasteiger charge is -2.26. The minimum atomic E-state index is -4.47. The van der Waals surface area contributed by atoms with Crippen LogP contribution in [0.5, 0.6) is 0 Å². The molecule has 0 aromatic heterocycles. The Morgan fingerprint density at radius 1 is 1.00 bits per heavy atom. The number of aryl methyl sites for hydroxylation is 1. The molecule has 4 rings (SSSR count). The van der Waals surface area contributed by atoms with E-state index in [1.807, 2.05) is 0 Å². The van der Waals surface area contributed by atoms with E-state index in [1.54, 1.807) is 25.1 Å². The summed E-state index contributed by atoms with van der Waals surface area (Å²) in [5, 5.41) is 20.2. The van der Waals surface area contributed by atoms with Crippen molar-refractivity contribution in [2.75, 3.05) is 0 Å². The Hall–Kier alpha value is -3.15. The molecule has 2 amide bonds. The largest absolute Gasteiger partial charge is 0.595 e. The molecule has 0 bridgehead atoms. The van der Waals surface area contributed by atoms with Crippen molar-refractivity contribution in [2.24, 2.45) is 0 Å². The standard InChI is InChI=1S/C19H14N2O7S/c1-11-5-7-14(8-6-11)29(26,27)28-20-18(22)15-4-2-3-12-9-13(21(24)25)10-16(17(12)15)19(20)23/h2-10,21,24H,1H3. The molecule has 3 aromatic rings. The Morgan fingerprint density at radius 2 is 1.66 bits per heavy atom. The van der Waals surface area contributed by atoms with Crippen molar-refractivity contribution < 1.29 is 32.7 Å². The van der Waals surface area contributed by atoms with Crippen LogP contribution in [0, 0.1) is 12.1 Å². The molecule has 0 spiro atoms. The maximum Gasteiger partial charge on any atom is 0.318 e. The highest BCUT2D eigenvalue weighted by Crippen LogP contribution is 2.33. The number of imide groups is 1.